The van der Waals surface area contributed by atoms with Gasteiger partial charge >= 0.3 is 6.18 Å². The van der Waals surface area contributed by atoms with Crippen LogP contribution in [0, 0.1) is 5.92 Å². The molecule has 1 atom stereocenters. The fourth-order valence-corrected chi connectivity index (χ4v) is 3.17. The molecule has 2 heterocycles. The molecule has 31 heavy (non-hydrogen) atoms. The van der Waals surface area contributed by atoms with E-state index in [0.717, 1.165) is 10.5 Å². The van der Waals surface area contributed by atoms with Crippen LogP contribution in [0.1, 0.15) is 35.6 Å². The quantitative estimate of drug-likeness (QED) is 0.598. The van der Waals surface area contributed by atoms with Crippen LogP contribution in [0.3, 0.4) is 0 Å². The number of aromatic nitrogens is 3. The number of halogens is 4. The molecular weight excluding hydrogens is 435 g/mol. The first-order chi connectivity index (χ1) is 14.6. The van der Waals surface area contributed by atoms with Gasteiger partial charge in [-0.05, 0) is 24.1 Å². The summed E-state index contributed by atoms with van der Waals surface area (Å²) in [5.41, 5.74) is -1.04. The summed E-state index contributed by atoms with van der Waals surface area (Å²) in [5.74, 6) is -1.10. The minimum atomic E-state index is -4.66. The first-order valence-electron chi connectivity index (χ1n) is 9.32. The molecule has 0 aliphatic carbocycles. The maximum atomic E-state index is 13.2. The van der Waals surface area contributed by atoms with Crippen molar-refractivity contribution < 1.29 is 22.8 Å². The number of carbonyl (C=O) groups excluding carboxylic acids is 2. The highest BCUT2D eigenvalue weighted by atomic mass is 35.5. The van der Waals surface area contributed by atoms with E-state index in [1.165, 1.54) is 6.20 Å². The van der Waals surface area contributed by atoms with E-state index in [1.54, 1.807) is 44.2 Å². The van der Waals surface area contributed by atoms with Crippen molar-refractivity contribution in [1.29, 1.82) is 0 Å². The highest BCUT2D eigenvalue weighted by Gasteiger charge is 2.35. The number of nitrogens with one attached hydrogen (secondary N) is 2. The van der Waals surface area contributed by atoms with Crippen molar-refractivity contribution in [2.45, 2.75) is 32.6 Å². The lowest BCUT2D eigenvalue weighted by molar-refractivity contribution is -0.136. The van der Waals surface area contributed by atoms with Gasteiger partial charge in [0, 0.05) is 11.8 Å². The fourth-order valence-electron chi connectivity index (χ4n) is 2.96. The molecule has 3 aromatic rings. The van der Waals surface area contributed by atoms with E-state index >= 15 is 0 Å². The lowest BCUT2D eigenvalue weighted by Crippen LogP contribution is -2.49. The van der Waals surface area contributed by atoms with Crippen LogP contribution in [-0.4, -0.2) is 32.5 Å². The number of pyridine rings is 1. The molecule has 0 aliphatic rings. The maximum absolute atomic E-state index is 13.2. The Kier molecular flexibility index (Phi) is 6.49. The second-order valence-electron chi connectivity index (χ2n) is 7.16. The van der Waals surface area contributed by atoms with Crippen molar-refractivity contribution in [3.05, 3.63) is 64.6 Å². The van der Waals surface area contributed by atoms with Gasteiger partial charge in [0.25, 0.3) is 5.91 Å². The van der Waals surface area contributed by atoms with E-state index < -0.39 is 35.2 Å². The number of amides is 2. The van der Waals surface area contributed by atoms with E-state index in [9.17, 15) is 22.8 Å². The zero-order valence-corrected chi connectivity index (χ0v) is 17.3. The van der Waals surface area contributed by atoms with Crippen molar-refractivity contribution in [3.8, 4) is 0 Å². The molecule has 0 aliphatic heterocycles. The average molecular weight is 454 g/mol. The van der Waals surface area contributed by atoms with Crippen LogP contribution in [0.2, 0.25) is 5.02 Å². The van der Waals surface area contributed by atoms with Crippen LogP contribution in [0.4, 0.5) is 13.2 Å². The molecule has 7 nitrogen and oxygen atoms in total. The predicted octanol–water partition coefficient (Wildman–Crippen LogP) is 3.47. The Labute approximate surface area is 180 Å². The second kappa shape index (κ2) is 8.93. The third-order valence-corrected chi connectivity index (χ3v) is 4.75. The summed E-state index contributed by atoms with van der Waals surface area (Å²) in [5, 5.41) is 12.4. The molecule has 2 amide bonds. The van der Waals surface area contributed by atoms with E-state index in [-0.39, 0.29) is 23.3 Å². The highest BCUT2D eigenvalue weighted by molar-refractivity contribution is 6.30. The molecule has 0 saturated carbocycles. The monoisotopic (exact) mass is 453 g/mol. The Morgan fingerprint density at radius 3 is 2.45 bits per heavy atom. The molecule has 0 fully saturated rings. The van der Waals surface area contributed by atoms with Crippen molar-refractivity contribution in [2.24, 2.45) is 5.92 Å². The summed E-state index contributed by atoms with van der Waals surface area (Å²) in [6.07, 6.45) is -3.42. The van der Waals surface area contributed by atoms with Crippen molar-refractivity contribution in [1.82, 2.24) is 25.2 Å². The minimum Gasteiger partial charge on any atom is -0.347 e. The summed E-state index contributed by atoms with van der Waals surface area (Å²) in [6, 6.07) is 8.32. The summed E-state index contributed by atoms with van der Waals surface area (Å²) in [6.45, 7) is 3.32. The normalized spacial score (nSPS) is 12.7. The van der Waals surface area contributed by atoms with Crippen LogP contribution in [-0.2, 0) is 17.5 Å². The van der Waals surface area contributed by atoms with E-state index in [1.807, 2.05) is 0 Å². The van der Waals surface area contributed by atoms with Gasteiger partial charge in [0.15, 0.2) is 11.5 Å². The van der Waals surface area contributed by atoms with Crippen molar-refractivity contribution in [2.75, 3.05) is 0 Å². The molecule has 2 N–H and O–H groups in total. The van der Waals surface area contributed by atoms with E-state index in [2.05, 4.69) is 20.8 Å². The van der Waals surface area contributed by atoms with Crippen LogP contribution in [0.5, 0.6) is 0 Å². The molecule has 11 heteroatoms. The molecule has 2 aromatic heterocycles. The Morgan fingerprint density at radius 2 is 1.84 bits per heavy atom. The number of benzene rings is 1. The number of hydrogen-bond acceptors (Lipinski definition) is 4. The zero-order chi connectivity index (χ0) is 22.8. The number of hydrogen-bond donors (Lipinski definition) is 2. The molecule has 0 spiro atoms. The topological polar surface area (TPSA) is 88.4 Å². The average Bonchev–Trinajstić information content (AvgIpc) is 3.11. The standard InChI is InChI=1S/C20H19ClF3N5O2/c1-11(2)16(26-18(30)12-6-4-3-5-7-12)19(31)25-9-15-27-28-17-14(20(22,23)24)8-13(21)10-29(15)17/h3-8,10-11,16H,9H2,1-2H3,(H,25,31)(H,26,30). The number of fused-ring (bicyclic) bond motifs is 1. The van der Waals surface area contributed by atoms with Gasteiger partial charge in [-0.1, -0.05) is 43.6 Å². The molecule has 1 unspecified atom stereocenters. The summed E-state index contributed by atoms with van der Waals surface area (Å²) >= 11 is 5.82. The Bertz CT molecular complexity index is 1100. The molecule has 3 rings (SSSR count). The lowest BCUT2D eigenvalue weighted by atomic mass is 10.0. The number of carbonyl (C=O) groups is 2. The van der Waals surface area contributed by atoms with E-state index in [4.69, 9.17) is 11.6 Å². The number of alkyl halides is 3. The van der Waals surface area contributed by atoms with Gasteiger partial charge in [-0.2, -0.15) is 13.2 Å². The first-order valence-corrected chi connectivity index (χ1v) is 9.69. The van der Waals surface area contributed by atoms with Gasteiger partial charge in [0.2, 0.25) is 5.91 Å². The number of rotatable bonds is 6. The Balaban J connectivity index is 1.76. The molecule has 1 aromatic carbocycles. The highest BCUT2D eigenvalue weighted by Crippen LogP contribution is 2.33. The van der Waals surface area contributed by atoms with Gasteiger partial charge in [0.05, 0.1) is 11.6 Å². The maximum Gasteiger partial charge on any atom is 0.420 e. The Morgan fingerprint density at radius 1 is 1.16 bits per heavy atom. The van der Waals surface area contributed by atoms with Gasteiger partial charge < -0.3 is 10.6 Å². The Hall–Kier alpha value is -3.14. The smallest absolute Gasteiger partial charge is 0.347 e. The van der Waals surface area contributed by atoms with Crippen LogP contribution in [0.15, 0.2) is 42.6 Å². The summed E-state index contributed by atoms with van der Waals surface area (Å²) in [7, 11) is 0. The summed E-state index contributed by atoms with van der Waals surface area (Å²) < 4.78 is 40.8. The molecule has 0 saturated heterocycles. The van der Waals surface area contributed by atoms with Crippen LogP contribution < -0.4 is 10.6 Å². The van der Waals surface area contributed by atoms with Crippen LogP contribution in [0.25, 0.3) is 5.65 Å². The number of nitrogens with zero attached hydrogens (tertiary/aromatic N) is 3. The van der Waals surface area contributed by atoms with Gasteiger partial charge in [-0.15, -0.1) is 10.2 Å². The van der Waals surface area contributed by atoms with Crippen molar-refractivity contribution >= 4 is 29.1 Å². The molecule has 0 radical (unpaired) electrons. The summed E-state index contributed by atoms with van der Waals surface area (Å²) in [4.78, 5) is 25.1. The zero-order valence-electron chi connectivity index (χ0n) is 16.6. The van der Waals surface area contributed by atoms with Gasteiger partial charge in [-0.3, -0.25) is 14.0 Å². The molecule has 164 valence electrons. The van der Waals surface area contributed by atoms with Gasteiger partial charge in [-0.25, -0.2) is 0 Å². The first kappa shape index (κ1) is 22.5. The third-order valence-electron chi connectivity index (χ3n) is 4.54. The third kappa shape index (κ3) is 5.13. The van der Waals surface area contributed by atoms with Crippen LogP contribution >= 0.6 is 11.6 Å². The fraction of sp³-hybridized carbons (Fsp3) is 0.300. The molecular formula is C20H19ClF3N5O2. The lowest BCUT2D eigenvalue weighted by Gasteiger charge is -2.21. The molecule has 0 bridgehead atoms. The van der Waals surface area contributed by atoms with Crippen molar-refractivity contribution in [3.63, 3.8) is 0 Å². The van der Waals surface area contributed by atoms with Gasteiger partial charge in [0.1, 0.15) is 11.6 Å². The second-order valence-corrected chi connectivity index (χ2v) is 7.60. The predicted molar refractivity (Wildman–Crippen MR) is 107 cm³/mol. The largest absolute Gasteiger partial charge is 0.420 e. The SMILES string of the molecule is CC(C)C(NC(=O)c1ccccc1)C(=O)NCc1nnc2c(C(F)(F)F)cc(Cl)cn12. The van der Waals surface area contributed by atoms with E-state index in [0.29, 0.717) is 5.56 Å². The minimum absolute atomic E-state index is 0.0632.